The van der Waals surface area contributed by atoms with Crippen LogP contribution < -0.4 is 0 Å². The Labute approximate surface area is 134 Å². The zero-order valence-corrected chi connectivity index (χ0v) is 14.5. The molecule has 2 atom stereocenters. The first kappa shape index (κ1) is 16.3. The molecule has 116 valence electrons. The lowest BCUT2D eigenvalue weighted by molar-refractivity contribution is 0.178. The van der Waals surface area contributed by atoms with Gasteiger partial charge in [-0.25, -0.2) is 0 Å². The van der Waals surface area contributed by atoms with E-state index < -0.39 is 0 Å². The highest BCUT2D eigenvalue weighted by Crippen LogP contribution is 2.28. The summed E-state index contributed by atoms with van der Waals surface area (Å²) in [5.74, 6) is 0. The van der Waals surface area contributed by atoms with Gasteiger partial charge in [0.2, 0.25) is 0 Å². The van der Waals surface area contributed by atoms with E-state index in [1.54, 1.807) is 0 Å². The Balaban J connectivity index is 1.85. The van der Waals surface area contributed by atoms with Crippen molar-refractivity contribution >= 4 is 11.8 Å². The Morgan fingerprint density at radius 3 is 2.19 bits per heavy atom. The standard InChI is InChI=1S/C18H28N2S/c1-18(2,3)16-10-5-7-12-19(16)14-9-15-20-13-8-6-11-17(20)21-4/h5-8,10-13,16-17H,9,14-15H2,1-4H3. The third-order valence-electron chi connectivity index (χ3n) is 3.99. The number of hydrogen-bond donors (Lipinski definition) is 0. The van der Waals surface area contributed by atoms with Crippen LogP contribution in [-0.4, -0.2) is 40.6 Å². The summed E-state index contributed by atoms with van der Waals surface area (Å²) in [5, 5.41) is 0.491. The Hall–Kier alpha value is -1.09. The second-order valence-corrected chi connectivity index (χ2v) is 7.67. The van der Waals surface area contributed by atoms with Crippen molar-refractivity contribution in [2.75, 3.05) is 19.3 Å². The van der Waals surface area contributed by atoms with Gasteiger partial charge in [0.15, 0.2) is 0 Å². The second kappa shape index (κ2) is 7.26. The average Bonchev–Trinajstić information content (AvgIpc) is 2.47. The number of rotatable bonds is 5. The maximum Gasteiger partial charge on any atom is 0.0930 e. The predicted octanol–water partition coefficient (Wildman–Crippen LogP) is 4.25. The summed E-state index contributed by atoms with van der Waals surface area (Å²) in [5.41, 5.74) is 0.275. The van der Waals surface area contributed by atoms with Crippen LogP contribution in [0.1, 0.15) is 27.2 Å². The highest BCUT2D eigenvalue weighted by molar-refractivity contribution is 7.99. The quantitative estimate of drug-likeness (QED) is 0.749. The molecule has 2 unspecified atom stereocenters. The minimum absolute atomic E-state index is 0.275. The van der Waals surface area contributed by atoms with Crippen LogP contribution >= 0.6 is 11.8 Å². The van der Waals surface area contributed by atoms with E-state index in [0.717, 1.165) is 13.1 Å². The molecule has 21 heavy (non-hydrogen) atoms. The molecule has 0 aromatic carbocycles. The van der Waals surface area contributed by atoms with Crippen LogP contribution in [0.15, 0.2) is 48.9 Å². The summed E-state index contributed by atoms with van der Waals surface area (Å²) in [6.45, 7) is 9.16. The topological polar surface area (TPSA) is 6.48 Å². The lowest BCUT2D eigenvalue weighted by Crippen LogP contribution is -2.42. The van der Waals surface area contributed by atoms with E-state index in [4.69, 9.17) is 0 Å². The van der Waals surface area contributed by atoms with Gasteiger partial charge in [-0.05, 0) is 36.4 Å². The normalized spacial score (nSPS) is 25.0. The minimum Gasteiger partial charge on any atom is -0.370 e. The number of allylic oxidation sites excluding steroid dienone is 4. The maximum absolute atomic E-state index is 2.48. The maximum atomic E-state index is 2.48. The molecule has 0 fully saturated rings. The minimum atomic E-state index is 0.275. The molecule has 2 heterocycles. The molecule has 0 radical (unpaired) electrons. The van der Waals surface area contributed by atoms with Crippen molar-refractivity contribution in [1.82, 2.24) is 9.80 Å². The molecule has 2 aliphatic heterocycles. The largest absolute Gasteiger partial charge is 0.370 e. The average molecular weight is 305 g/mol. The summed E-state index contributed by atoms with van der Waals surface area (Å²) in [6, 6.07) is 0.496. The van der Waals surface area contributed by atoms with Crippen LogP contribution in [0, 0.1) is 5.41 Å². The van der Waals surface area contributed by atoms with Crippen LogP contribution in [0.25, 0.3) is 0 Å². The van der Waals surface area contributed by atoms with Crippen molar-refractivity contribution in [3.8, 4) is 0 Å². The van der Waals surface area contributed by atoms with E-state index in [0.29, 0.717) is 11.4 Å². The van der Waals surface area contributed by atoms with Gasteiger partial charge in [-0.15, -0.1) is 11.8 Å². The second-order valence-electron chi connectivity index (χ2n) is 6.72. The van der Waals surface area contributed by atoms with E-state index in [1.807, 2.05) is 11.8 Å². The third-order valence-corrected chi connectivity index (χ3v) is 4.90. The highest BCUT2D eigenvalue weighted by atomic mass is 32.2. The molecule has 0 saturated heterocycles. The molecular weight excluding hydrogens is 276 g/mol. The zero-order valence-electron chi connectivity index (χ0n) is 13.7. The Bertz CT molecular complexity index is 443. The van der Waals surface area contributed by atoms with Crippen molar-refractivity contribution in [3.05, 3.63) is 48.9 Å². The number of hydrogen-bond acceptors (Lipinski definition) is 3. The SMILES string of the molecule is CSC1C=CC=CN1CCCN1C=CC=CC1C(C)(C)C. The van der Waals surface area contributed by atoms with Gasteiger partial charge in [-0.1, -0.05) is 45.1 Å². The highest BCUT2D eigenvalue weighted by Gasteiger charge is 2.27. The van der Waals surface area contributed by atoms with Crippen LogP contribution in [0.3, 0.4) is 0 Å². The molecule has 0 N–H and O–H groups in total. The van der Waals surface area contributed by atoms with Crippen molar-refractivity contribution in [1.29, 1.82) is 0 Å². The molecule has 0 spiro atoms. The van der Waals surface area contributed by atoms with Gasteiger partial charge >= 0.3 is 0 Å². The molecule has 0 saturated carbocycles. The van der Waals surface area contributed by atoms with E-state index in [2.05, 4.69) is 85.7 Å². The molecule has 2 rings (SSSR count). The van der Waals surface area contributed by atoms with Crippen LogP contribution in [0.5, 0.6) is 0 Å². The third kappa shape index (κ3) is 4.44. The molecule has 0 aliphatic carbocycles. The fourth-order valence-corrected chi connectivity index (χ4v) is 3.59. The van der Waals surface area contributed by atoms with Crippen molar-refractivity contribution in [3.63, 3.8) is 0 Å². The molecule has 2 nitrogen and oxygen atoms in total. The lowest BCUT2D eigenvalue weighted by Gasteiger charge is -2.40. The first-order valence-corrected chi connectivity index (χ1v) is 9.05. The molecule has 0 amide bonds. The van der Waals surface area contributed by atoms with Crippen LogP contribution in [0.2, 0.25) is 0 Å². The lowest BCUT2D eigenvalue weighted by atomic mass is 9.84. The van der Waals surface area contributed by atoms with Gasteiger partial charge in [0, 0.05) is 19.3 Å². The van der Waals surface area contributed by atoms with Gasteiger partial charge in [-0.2, -0.15) is 0 Å². The molecule has 2 aliphatic rings. The van der Waals surface area contributed by atoms with Crippen molar-refractivity contribution < 1.29 is 0 Å². The van der Waals surface area contributed by atoms with E-state index in [-0.39, 0.29) is 5.41 Å². The molecule has 0 bridgehead atoms. The zero-order chi connectivity index (χ0) is 15.3. The Morgan fingerprint density at radius 2 is 1.52 bits per heavy atom. The van der Waals surface area contributed by atoms with Gasteiger partial charge in [0.1, 0.15) is 0 Å². The number of thioether (sulfide) groups is 1. The summed E-state index contributed by atoms with van der Waals surface area (Å²) in [6.07, 6.45) is 21.0. The van der Waals surface area contributed by atoms with Crippen molar-refractivity contribution in [2.45, 2.75) is 38.6 Å². The molecular formula is C18H28N2S. The van der Waals surface area contributed by atoms with Crippen LogP contribution in [0.4, 0.5) is 0 Å². The fourth-order valence-electron chi connectivity index (χ4n) is 2.90. The smallest absolute Gasteiger partial charge is 0.0930 e. The summed E-state index contributed by atoms with van der Waals surface area (Å²) in [7, 11) is 0. The monoisotopic (exact) mass is 304 g/mol. The van der Waals surface area contributed by atoms with E-state index >= 15 is 0 Å². The van der Waals surface area contributed by atoms with E-state index in [1.165, 1.54) is 6.42 Å². The van der Waals surface area contributed by atoms with Crippen molar-refractivity contribution in [2.24, 2.45) is 5.41 Å². The van der Waals surface area contributed by atoms with Crippen LogP contribution in [-0.2, 0) is 0 Å². The number of nitrogens with zero attached hydrogens (tertiary/aromatic N) is 2. The Morgan fingerprint density at radius 1 is 0.905 bits per heavy atom. The summed E-state index contributed by atoms with van der Waals surface area (Å²) >= 11 is 1.89. The Kier molecular flexibility index (Phi) is 5.63. The van der Waals surface area contributed by atoms with Gasteiger partial charge < -0.3 is 9.80 Å². The molecule has 0 aromatic rings. The summed E-state index contributed by atoms with van der Waals surface area (Å²) in [4.78, 5) is 4.91. The first-order valence-electron chi connectivity index (χ1n) is 7.76. The summed E-state index contributed by atoms with van der Waals surface area (Å²) < 4.78 is 0. The predicted molar refractivity (Wildman–Crippen MR) is 95.1 cm³/mol. The molecule has 0 aromatic heterocycles. The van der Waals surface area contributed by atoms with Gasteiger partial charge in [0.25, 0.3) is 0 Å². The fraction of sp³-hybridized carbons (Fsp3) is 0.556. The first-order chi connectivity index (χ1) is 10.0. The van der Waals surface area contributed by atoms with Gasteiger partial charge in [0.05, 0.1) is 11.4 Å². The molecule has 3 heteroatoms. The van der Waals surface area contributed by atoms with Gasteiger partial charge in [-0.3, -0.25) is 0 Å². The van der Waals surface area contributed by atoms with E-state index in [9.17, 15) is 0 Å².